The van der Waals surface area contributed by atoms with E-state index < -0.39 is 18.2 Å². The Morgan fingerprint density at radius 1 is 1.61 bits per heavy atom. The number of ether oxygens (including phenoxy) is 1. The lowest BCUT2D eigenvalue weighted by Crippen LogP contribution is -2.26. The molecule has 18 heavy (non-hydrogen) atoms. The molecule has 0 aromatic carbocycles. The van der Waals surface area contributed by atoms with Gasteiger partial charge in [0, 0.05) is 10.8 Å². The van der Waals surface area contributed by atoms with Crippen molar-refractivity contribution in [1.82, 2.24) is 4.98 Å². The predicted molar refractivity (Wildman–Crippen MR) is 67.3 cm³/mol. The summed E-state index contributed by atoms with van der Waals surface area (Å²) in [6.45, 7) is 7.58. The molecular formula is C12H18FNO3S. The zero-order valence-electron chi connectivity index (χ0n) is 10.9. The van der Waals surface area contributed by atoms with Crippen molar-refractivity contribution >= 4 is 17.3 Å². The average Bonchev–Trinajstić information content (AvgIpc) is 2.76. The molecule has 0 fully saturated rings. The molecule has 1 aromatic heterocycles. The fourth-order valence-electron chi connectivity index (χ4n) is 1.27. The Bertz CT molecular complexity index is 414. The minimum absolute atomic E-state index is 0.0796. The molecule has 0 saturated carbocycles. The Kier molecular flexibility index (Phi) is 4.81. The van der Waals surface area contributed by atoms with Gasteiger partial charge in [-0.15, -0.1) is 11.3 Å². The highest BCUT2D eigenvalue weighted by Gasteiger charge is 2.31. The van der Waals surface area contributed by atoms with E-state index in [1.807, 2.05) is 20.8 Å². The van der Waals surface area contributed by atoms with Crippen LogP contribution in [-0.2, 0) is 14.9 Å². The molecule has 0 radical (unpaired) electrons. The summed E-state index contributed by atoms with van der Waals surface area (Å²) in [5.74, 6) is -1.06. The molecule has 1 rings (SSSR count). The van der Waals surface area contributed by atoms with Crippen LogP contribution in [0.5, 0.6) is 0 Å². The number of hydrogen-bond acceptors (Lipinski definition) is 5. The molecule has 0 spiro atoms. The monoisotopic (exact) mass is 275 g/mol. The molecule has 0 aliphatic rings. The zero-order chi connectivity index (χ0) is 13.9. The van der Waals surface area contributed by atoms with Gasteiger partial charge in [0.05, 0.1) is 17.3 Å². The van der Waals surface area contributed by atoms with Crippen molar-refractivity contribution in [2.75, 3.05) is 6.61 Å². The Morgan fingerprint density at radius 2 is 2.22 bits per heavy atom. The van der Waals surface area contributed by atoms with Gasteiger partial charge in [0.15, 0.2) is 0 Å². The maximum Gasteiger partial charge on any atom is 0.343 e. The Balaban J connectivity index is 2.81. The summed E-state index contributed by atoms with van der Waals surface area (Å²) >= 11 is 1.34. The zero-order valence-corrected chi connectivity index (χ0v) is 11.8. The van der Waals surface area contributed by atoms with Crippen LogP contribution in [0.4, 0.5) is 4.39 Å². The van der Waals surface area contributed by atoms with E-state index in [2.05, 4.69) is 9.72 Å². The lowest BCUT2D eigenvalue weighted by molar-refractivity contribution is -0.153. The van der Waals surface area contributed by atoms with Crippen molar-refractivity contribution in [3.63, 3.8) is 0 Å². The summed E-state index contributed by atoms with van der Waals surface area (Å²) in [7, 11) is 0. The lowest BCUT2D eigenvalue weighted by atomic mass is 9.98. The van der Waals surface area contributed by atoms with E-state index in [9.17, 15) is 14.3 Å². The molecule has 2 unspecified atom stereocenters. The van der Waals surface area contributed by atoms with Crippen molar-refractivity contribution < 1.29 is 19.0 Å². The summed E-state index contributed by atoms with van der Waals surface area (Å²) in [4.78, 5) is 15.3. The SMILES string of the molecule is CCOC(=O)C(F)C(O)c1csc(C(C)(C)C)n1. The van der Waals surface area contributed by atoms with Gasteiger partial charge in [0.2, 0.25) is 6.17 Å². The number of aliphatic hydroxyl groups excluding tert-OH is 1. The van der Waals surface area contributed by atoms with Crippen molar-refractivity contribution in [2.45, 2.75) is 45.4 Å². The molecule has 0 aliphatic carbocycles. The van der Waals surface area contributed by atoms with E-state index in [-0.39, 0.29) is 17.7 Å². The predicted octanol–water partition coefficient (Wildman–Crippen LogP) is 2.38. The van der Waals surface area contributed by atoms with Gasteiger partial charge in [-0.2, -0.15) is 0 Å². The maximum atomic E-state index is 13.6. The number of esters is 1. The van der Waals surface area contributed by atoms with Crippen molar-refractivity contribution in [3.05, 3.63) is 16.1 Å². The second-order valence-electron chi connectivity index (χ2n) is 4.93. The molecule has 0 amide bonds. The van der Waals surface area contributed by atoms with Gasteiger partial charge < -0.3 is 9.84 Å². The second-order valence-corrected chi connectivity index (χ2v) is 5.78. The highest BCUT2D eigenvalue weighted by Crippen LogP contribution is 2.29. The average molecular weight is 275 g/mol. The Hall–Kier alpha value is -1.01. The van der Waals surface area contributed by atoms with Crippen molar-refractivity contribution in [1.29, 1.82) is 0 Å². The largest absolute Gasteiger partial charge is 0.464 e. The standard InChI is InChI=1S/C12H18FNO3S/c1-5-17-10(16)8(13)9(15)7-6-18-11(14-7)12(2,3)4/h6,8-9,15H,5H2,1-4H3. The number of carbonyl (C=O) groups is 1. The van der Waals surface area contributed by atoms with Gasteiger partial charge in [-0.1, -0.05) is 20.8 Å². The first kappa shape index (κ1) is 15.0. The fourth-order valence-corrected chi connectivity index (χ4v) is 2.20. The first-order valence-corrected chi connectivity index (χ1v) is 6.60. The molecule has 102 valence electrons. The van der Waals surface area contributed by atoms with Crippen LogP contribution in [-0.4, -0.2) is 28.8 Å². The highest BCUT2D eigenvalue weighted by molar-refractivity contribution is 7.09. The van der Waals surface area contributed by atoms with Crippen LogP contribution in [0.1, 0.15) is 44.5 Å². The second kappa shape index (κ2) is 5.75. The van der Waals surface area contributed by atoms with Crippen LogP contribution in [0.25, 0.3) is 0 Å². The van der Waals surface area contributed by atoms with E-state index in [4.69, 9.17) is 0 Å². The number of halogens is 1. The van der Waals surface area contributed by atoms with E-state index in [1.165, 1.54) is 11.3 Å². The Labute approximate surface area is 110 Å². The van der Waals surface area contributed by atoms with Crippen LogP contribution < -0.4 is 0 Å². The summed E-state index contributed by atoms with van der Waals surface area (Å²) in [6.07, 6.45) is -3.67. The van der Waals surface area contributed by atoms with Gasteiger partial charge in [-0.05, 0) is 6.92 Å². The fraction of sp³-hybridized carbons (Fsp3) is 0.667. The number of rotatable bonds is 4. The third-order valence-electron chi connectivity index (χ3n) is 2.26. The third kappa shape index (κ3) is 3.49. The van der Waals surface area contributed by atoms with Crippen LogP contribution >= 0.6 is 11.3 Å². The summed E-state index contributed by atoms with van der Waals surface area (Å²) in [5.41, 5.74) is 0.00346. The van der Waals surface area contributed by atoms with E-state index in [1.54, 1.807) is 12.3 Å². The number of hydrogen-bond donors (Lipinski definition) is 1. The minimum atomic E-state index is -2.10. The number of aromatic nitrogens is 1. The molecule has 6 heteroatoms. The number of nitrogens with zero attached hydrogens (tertiary/aromatic N) is 1. The molecule has 2 atom stereocenters. The molecule has 1 heterocycles. The summed E-state index contributed by atoms with van der Waals surface area (Å²) < 4.78 is 18.1. The van der Waals surface area contributed by atoms with Crippen LogP contribution in [0.15, 0.2) is 5.38 Å². The van der Waals surface area contributed by atoms with Crippen LogP contribution in [0, 0.1) is 0 Å². The van der Waals surface area contributed by atoms with Gasteiger partial charge in [-0.25, -0.2) is 14.2 Å². The molecule has 0 aliphatic heterocycles. The summed E-state index contributed by atoms with van der Waals surface area (Å²) in [5, 5.41) is 12.1. The van der Waals surface area contributed by atoms with Gasteiger partial charge in [0.1, 0.15) is 6.10 Å². The molecule has 0 bridgehead atoms. The smallest absolute Gasteiger partial charge is 0.343 e. The van der Waals surface area contributed by atoms with Gasteiger partial charge in [-0.3, -0.25) is 0 Å². The van der Waals surface area contributed by atoms with E-state index in [0.29, 0.717) is 0 Å². The van der Waals surface area contributed by atoms with Gasteiger partial charge in [0.25, 0.3) is 0 Å². The third-order valence-corrected chi connectivity index (χ3v) is 3.54. The first-order valence-electron chi connectivity index (χ1n) is 5.72. The van der Waals surface area contributed by atoms with Crippen LogP contribution in [0.2, 0.25) is 0 Å². The maximum absolute atomic E-state index is 13.6. The molecule has 1 aromatic rings. The highest BCUT2D eigenvalue weighted by atomic mass is 32.1. The summed E-state index contributed by atoms with van der Waals surface area (Å²) in [6, 6.07) is 0. The Morgan fingerprint density at radius 3 is 2.67 bits per heavy atom. The topological polar surface area (TPSA) is 59.4 Å². The molecular weight excluding hydrogens is 257 g/mol. The number of thiazole rings is 1. The van der Waals surface area contributed by atoms with Crippen molar-refractivity contribution in [2.24, 2.45) is 0 Å². The number of aliphatic hydroxyl groups is 1. The van der Waals surface area contributed by atoms with E-state index >= 15 is 0 Å². The molecule has 0 saturated heterocycles. The number of carbonyl (C=O) groups excluding carboxylic acids is 1. The quantitative estimate of drug-likeness (QED) is 0.857. The lowest BCUT2D eigenvalue weighted by Gasteiger charge is -2.15. The minimum Gasteiger partial charge on any atom is -0.464 e. The normalized spacial score (nSPS) is 15.2. The van der Waals surface area contributed by atoms with Crippen LogP contribution in [0.3, 0.4) is 0 Å². The van der Waals surface area contributed by atoms with E-state index in [0.717, 1.165) is 5.01 Å². The first-order chi connectivity index (χ1) is 8.27. The van der Waals surface area contributed by atoms with Gasteiger partial charge >= 0.3 is 5.97 Å². The van der Waals surface area contributed by atoms with Crippen molar-refractivity contribution in [3.8, 4) is 0 Å². The molecule has 4 nitrogen and oxygen atoms in total. The number of alkyl halides is 1. The molecule has 1 N–H and O–H groups in total.